The number of para-hydroxylation sites is 2. The number of aryl methyl sites for hydroxylation is 2. The molecule has 0 unspecified atom stereocenters. The zero-order valence-electron chi connectivity index (χ0n) is 13.7. The van der Waals surface area contributed by atoms with E-state index in [1.54, 1.807) is 10.9 Å². The molecule has 0 atom stereocenters. The quantitative estimate of drug-likeness (QED) is 0.808. The molecule has 0 aliphatic heterocycles. The van der Waals surface area contributed by atoms with Gasteiger partial charge in [0.25, 0.3) is 5.91 Å². The highest BCUT2D eigenvalue weighted by atomic mass is 16.1. The summed E-state index contributed by atoms with van der Waals surface area (Å²) in [4.78, 5) is 18.9. The molecule has 0 aliphatic rings. The van der Waals surface area contributed by atoms with Gasteiger partial charge in [0, 0.05) is 32.7 Å². The average molecular weight is 309 g/mol. The Morgan fingerprint density at radius 3 is 2.74 bits per heavy atom. The highest BCUT2D eigenvalue weighted by molar-refractivity contribution is 6.07. The maximum atomic E-state index is 12.6. The number of amides is 1. The first kappa shape index (κ1) is 15.0. The van der Waals surface area contributed by atoms with Crippen molar-refractivity contribution < 1.29 is 4.79 Å². The van der Waals surface area contributed by atoms with Crippen LogP contribution < -0.4 is 10.2 Å². The second kappa shape index (κ2) is 5.72. The van der Waals surface area contributed by atoms with E-state index in [9.17, 15) is 4.79 Å². The summed E-state index contributed by atoms with van der Waals surface area (Å²) < 4.78 is 1.72. The molecule has 118 valence electrons. The highest BCUT2D eigenvalue weighted by Gasteiger charge is 2.13. The topological polar surface area (TPSA) is 63.1 Å². The number of rotatable bonds is 3. The van der Waals surface area contributed by atoms with Crippen molar-refractivity contribution in [3.8, 4) is 0 Å². The third kappa shape index (κ3) is 2.75. The fraction of sp³-hybridized carbons (Fsp3) is 0.235. The normalized spacial score (nSPS) is 10.8. The number of nitrogens with one attached hydrogen (secondary N) is 1. The van der Waals surface area contributed by atoms with Crippen LogP contribution in [0.4, 0.5) is 11.4 Å². The maximum Gasteiger partial charge on any atom is 0.257 e. The molecule has 0 saturated carbocycles. The van der Waals surface area contributed by atoms with Crippen LogP contribution in [-0.2, 0) is 7.05 Å². The number of aromatic nitrogens is 3. The molecule has 0 spiro atoms. The average Bonchev–Trinajstić information content (AvgIpc) is 2.82. The Bertz CT molecular complexity index is 882. The number of carbonyl (C=O) groups excluding carboxylic acids is 1. The first-order valence-electron chi connectivity index (χ1n) is 7.34. The van der Waals surface area contributed by atoms with Crippen LogP contribution in [0.3, 0.4) is 0 Å². The van der Waals surface area contributed by atoms with Crippen molar-refractivity contribution in [2.75, 3.05) is 24.3 Å². The molecule has 0 saturated heterocycles. The molecular weight excluding hydrogens is 290 g/mol. The molecule has 3 rings (SSSR count). The van der Waals surface area contributed by atoms with Gasteiger partial charge in [-0.3, -0.25) is 9.48 Å². The van der Waals surface area contributed by atoms with E-state index in [1.807, 2.05) is 63.3 Å². The fourth-order valence-electron chi connectivity index (χ4n) is 2.60. The Balaban J connectivity index is 1.94. The van der Waals surface area contributed by atoms with E-state index in [4.69, 9.17) is 0 Å². The summed E-state index contributed by atoms with van der Waals surface area (Å²) in [5.41, 5.74) is 3.87. The number of benzene rings is 1. The molecular formula is C17H19N5O. The van der Waals surface area contributed by atoms with Gasteiger partial charge in [0.05, 0.1) is 22.6 Å². The largest absolute Gasteiger partial charge is 0.376 e. The van der Waals surface area contributed by atoms with E-state index < -0.39 is 0 Å². The molecule has 2 heterocycles. The Morgan fingerprint density at radius 2 is 2.00 bits per heavy atom. The van der Waals surface area contributed by atoms with Crippen molar-refractivity contribution in [1.29, 1.82) is 0 Å². The van der Waals surface area contributed by atoms with Crippen molar-refractivity contribution in [2.24, 2.45) is 7.05 Å². The molecule has 6 nitrogen and oxygen atoms in total. The van der Waals surface area contributed by atoms with E-state index in [2.05, 4.69) is 15.4 Å². The molecule has 1 N–H and O–H groups in total. The van der Waals surface area contributed by atoms with Gasteiger partial charge < -0.3 is 10.2 Å². The third-order valence-corrected chi connectivity index (χ3v) is 3.76. The van der Waals surface area contributed by atoms with Gasteiger partial charge in [-0.2, -0.15) is 5.10 Å². The minimum atomic E-state index is -0.183. The number of carbonyl (C=O) groups is 1. The molecule has 0 fully saturated rings. The summed E-state index contributed by atoms with van der Waals surface area (Å²) in [6.07, 6.45) is 1.58. The van der Waals surface area contributed by atoms with Crippen molar-refractivity contribution >= 4 is 28.3 Å². The summed E-state index contributed by atoms with van der Waals surface area (Å²) in [7, 11) is 5.73. The lowest BCUT2D eigenvalue weighted by atomic mass is 10.2. The zero-order chi connectivity index (χ0) is 16.6. The van der Waals surface area contributed by atoms with Crippen LogP contribution >= 0.6 is 0 Å². The zero-order valence-corrected chi connectivity index (χ0v) is 13.7. The Hall–Kier alpha value is -2.89. The van der Waals surface area contributed by atoms with Crippen LogP contribution in [0.1, 0.15) is 16.1 Å². The molecule has 0 aliphatic carbocycles. The van der Waals surface area contributed by atoms with Crippen LogP contribution in [0.2, 0.25) is 0 Å². The lowest BCUT2D eigenvalue weighted by Gasteiger charge is -2.17. The summed E-state index contributed by atoms with van der Waals surface area (Å²) >= 11 is 0. The molecule has 2 aromatic heterocycles. The van der Waals surface area contributed by atoms with E-state index in [-0.39, 0.29) is 5.91 Å². The van der Waals surface area contributed by atoms with Gasteiger partial charge in [-0.1, -0.05) is 12.1 Å². The molecule has 23 heavy (non-hydrogen) atoms. The van der Waals surface area contributed by atoms with Gasteiger partial charge in [0.1, 0.15) is 0 Å². The van der Waals surface area contributed by atoms with Crippen LogP contribution in [-0.4, -0.2) is 34.8 Å². The number of fused-ring (bicyclic) bond motifs is 1. The van der Waals surface area contributed by atoms with E-state index in [1.165, 1.54) is 0 Å². The molecule has 0 radical (unpaired) electrons. The minimum Gasteiger partial charge on any atom is -0.376 e. The lowest BCUT2D eigenvalue weighted by molar-refractivity contribution is 0.102. The van der Waals surface area contributed by atoms with Crippen LogP contribution in [0.15, 0.2) is 36.5 Å². The Labute approximate surface area is 134 Å². The van der Waals surface area contributed by atoms with Gasteiger partial charge in [0.2, 0.25) is 0 Å². The molecule has 1 aromatic carbocycles. The molecule has 1 amide bonds. The second-order valence-corrected chi connectivity index (χ2v) is 5.67. The lowest BCUT2D eigenvalue weighted by Crippen LogP contribution is -2.16. The summed E-state index contributed by atoms with van der Waals surface area (Å²) in [6.45, 7) is 1.91. The van der Waals surface area contributed by atoms with Crippen molar-refractivity contribution in [1.82, 2.24) is 14.8 Å². The standard InChI is InChI=1S/C17H19N5O/c1-11-13-9-12(10-18-16(13)22(4)20-11)17(23)19-14-7-5-6-8-15(14)21(2)3/h5-10H,1-4H3,(H,19,23). The summed E-state index contributed by atoms with van der Waals surface area (Å²) in [6, 6.07) is 9.52. The smallest absolute Gasteiger partial charge is 0.257 e. The van der Waals surface area contributed by atoms with E-state index in [0.29, 0.717) is 5.56 Å². The van der Waals surface area contributed by atoms with Crippen LogP contribution in [0, 0.1) is 6.92 Å². The van der Waals surface area contributed by atoms with Gasteiger partial charge in [-0.05, 0) is 25.1 Å². The van der Waals surface area contributed by atoms with Crippen LogP contribution in [0.25, 0.3) is 11.0 Å². The Kier molecular flexibility index (Phi) is 3.73. The van der Waals surface area contributed by atoms with Crippen molar-refractivity contribution in [3.63, 3.8) is 0 Å². The molecule has 6 heteroatoms. The van der Waals surface area contributed by atoms with Crippen molar-refractivity contribution in [3.05, 3.63) is 47.8 Å². The highest BCUT2D eigenvalue weighted by Crippen LogP contribution is 2.24. The first-order valence-corrected chi connectivity index (χ1v) is 7.34. The number of anilines is 2. The third-order valence-electron chi connectivity index (χ3n) is 3.76. The fourth-order valence-corrected chi connectivity index (χ4v) is 2.60. The number of hydrogen-bond acceptors (Lipinski definition) is 4. The van der Waals surface area contributed by atoms with Gasteiger partial charge in [-0.25, -0.2) is 4.98 Å². The molecule has 0 bridgehead atoms. The second-order valence-electron chi connectivity index (χ2n) is 5.67. The maximum absolute atomic E-state index is 12.6. The number of hydrogen-bond donors (Lipinski definition) is 1. The first-order chi connectivity index (χ1) is 11.0. The SMILES string of the molecule is Cc1nn(C)c2ncc(C(=O)Nc3ccccc3N(C)C)cc12. The van der Waals surface area contributed by atoms with Crippen LogP contribution in [0.5, 0.6) is 0 Å². The van der Waals surface area contributed by atoms with Gasteiger partial charge in [-0.15, -0.1) is 0 Å². The summed E-state index contributed by atoms with van der Waals surface area (Å²) in [5.74, 6) is -0.183. The minimum absolute atomic E-state index is 0.183. The van der Waals surface area contributed by atoms with Crippen molar-refractivity contribution in [2.45, 2.75) is 6.92 Å². The number of pyridine rings is 1. The monoisotopic (exact) mass is 309 g/mol. The van der Waals surface area contributed by atoms with Gasteiger partial charge in [0.15, 0.2) is 5.65 Å². The van der Waals surface area contributed by atoms with Gasteiger partial charge >= 0.3 is 0 Å². The predicted octanol–water partition coefficient (Wildman–Crippen LogP) is 2.60. The van der Waals surface area contributed by atoms with E-state index in [0.717, 1.165) is 28.1 Å². The van der Waals surface area contributed by atoms with E-state index >= 15 is 0 Å². The predicted molar refractivity (Wildman–Crippen MR) is 92.0 cm³/mol. The summed E-state index contributed by atoms with van der Waals surface area (Å²) in [5, 5.41) is 8.17. The number of nitrogens with zero attached hydrogens (tertiary/aromatic N) is 4. The molecule has 3 aromatic rings. The Morgan fingerprint density at radius 1 is 1.26 bits per heavy atom.